The van der Waals surface area contributed by atoms with Gasteiger partial charge < -0.3 is 0 Å². The topological polar surface area (TPSA) is 17.8 Å². The van der Waals surface area contributed by atoms with E-state index in [0.29, 0.717) is 0 Å². The van der Waals surface area contributed by atoms with Crippen molar-refractivity contribution in [2.75, 3.05) is 0 Å². The monoisotopic (exact) mass is 210 g/mol. The van der Waals surface area contributed by atoms with Gasteiger partial charge in [-0.25, -0.2) is 0 Å². The molecule has 0 spiro atoms. The quantitative estimate of drug-likeness (QED) is 0.650. The SMILES string of the molecule is CC.Cc1cc(Cl)c2nn(C)cc2c1. The van der Waals surface area contributed by atoms with Crippen molar-refractivity contribution >= 4 is 22.5 Å². The molecule has 2 rings (SSSR count). The van der Waals surface area contributed by atoms with Gasteiger partial charge >= 0.3 is 0 Å². The van der Waals surface area contributed by atoms with Gasteiger partial charge in [0.05, 0.1) is 5.02 Å². The lowest BCUT2D eigenvalue weighted by Gasteiger charge is -1.93. The Balaban J connectivity index is 0.000000461. The molecule has 0 saturated carbocycles. The fourth-order valence-electron chi connectivity index (χ4n) is 1.35. The van der Waals surface area contributed by atoms with Crippen molar-refractivity contribution in [3.05, 3.63) is 28.9 Å². The molecule has 0 aliphatic rings. The van der Waals surface area contributed by atoms with Gasteiger partial charge in [0.1, 0.15) is 5.52 Å². The predicted molar refractivity (Wildman–Crippen MR) is 61.8 cm³/mol. The molecule has 2 aromatic rings. The van der Waals surface area contributed by atoms with Crippen LogP contribution < -0.4 is 0 Å². The number of aryl methyl sites for hydroxylation is 2. The Morgan fingerprint density at radius 1 is 1.29 bits per heavy atom. The molecule has 1 heterocycles. The first kappa shape index (κ1) is 11.1. The van der Waals surface area contributed by atoms with Crippen LogP contribution in [0.15, 0.2) is 18.3 Å². The van der Waals surface area contributed by atoms with Gasteiger partial charge in [0.2, 0.25) is 0 Å². The summed E-state index contributed by atoms with van der Waals surface area (Å²) in [4.78, 5) is 0. The van der Waals surface area contributed by atoms with Crippen molar-refractivity contribution in [1.29, 1.82) is 0 Å². The molecule has 0 fully saturated rings. The highest BCUT2D eigenvalue weighted by molar-refractivity contribution is 6.35. The molecule has 0 aliphatic heterocycles. The molecule has 2 nitrogen and oxygen atoms in total. The van der Waals surface area contributed by atoms with Crippen LogP contribution >= 0.6 is 11.6 Å². The molecule has 0 N–H and O–H groups in total. The lowest BCUT2D eigenvalue weighted by Crippen LogP contribution is -1.85. The summed E-state index contributed by atoms with van der Waals surface area (Å²) in [6.07, 6.45) is 1.97. The summed E-state index contributed by atoms with van der Waals surface area (Å²) in [6, 6.07) is 4.01. The maximum absolute atomic E-state index is 6.00. The fourth-order valence-corrected chi connectivity index (χ4v) is 1.67. The average molecular weight is 211 g/mol. The first-order valence-electron chi connectivity index (χ1n) is 4.76. The largest absolute Gasteiger partial charge is 0.275 e. The Morgan fingerprint density at radius 3 is 2.57 bits per heavy atom. The van der Waals surface area contributed by atoms with Gasteiger partial charge in [-0.1, -0.05) is 25.4 Å². The van der Waals surface area contributed by atoms with E-state index in [2.05, 4.69) is 11.2 Å². The summed E-state index contributed by atoms with van der Waals surface area (Å²) < 4.78 is 1.77. The lowest BCUT2D eigenvalue weighted by molar-refractivity contribution is 0.780. The minimum Gasteiger partial charge on any atom is -0.275 e. The third-order valence-corrected chi connectivity index (χ3v) is 2.11. The van der Waals surface area contributed by atoms with Crippen molar-refractivity contribution in [2.24, 2.45) is 7.05 Å². The van der Waals surface area contributed by atoms with Crippen LogP contribution in [0.1, 0.15) is 19.4 Å². The van der Waals surface area contributed by atoms with E-state index in [-0.39, 0.29) is 0 Å². The minimum absolute atomic E-state index is 0.727. The number of hydrogen-bond donors (Lipinski definition) is 0. The highest BCUT2D eigenvalue weighted by Gasteiger charge is 2.03. The van der Waals surface area contributed by atoms with Crippen LogP contribution in [0.5, 0.6) is 0 Å². The van der Waals surface area contributed by atoms with Crippen LogP contribution in [-0.2, 0) is 7.05 Å². The van der Waals surface area contributed by atoms with Gasteiger partial charge in [-0.05, 0) is 24.6 Å². The molecule has 0 unspecified atom stereocenters. The second-order valence-corrected chi connectivity index (χ2v) is 3.39. The summed E-state index contributed by atoms with van der Waals surface area (Å²) in [5.41, 5.74) is 2.05. The number of rotatable bonds is 0. The summed E-state index contributed by atoms with van der Waals surface area (Å²) in [6.45, 7) is 6.03. The average Bonchev–Trinajstić information content (AvgIpc) is 2.49. The Kier molecular flexibility index (Phi) is 3.53. The molecule has 1 aromatic heterocycles. The van der Waals surface area contributed by atoms with Crippen molar-refractivity contribution in [1.82, 2.24) is 9.78 Å². The van der Waals surface area contributed by atoms with Gasteiger partial charge in [0, 0.05) is 18.6 Å². The molecular weight excluding hydrogens is 196 g/mol. The number of benzene rings is 1. The molecule has 3 heteroatoms. The van der Waals surface area contributed by atoms with Gasteiger partial charge in [0.25, 0.3) is 0 Å². The zero-order valence-electron chi connectivity index (χ0n) is 9.00. The van der Waals surface area contributed by atoms with Gasteiger partial charge in [0.15, 0.2) is 0 Å². The third-order valence-electron chi connectivity index (χ3n) is 1.82. The molecule has 76 valence electrons. The van der Waals surface area contributed by atoms with Crippen LogP contribution in [0.2, 0.25) is 5.02 Å². The van der Waals surface area contributed by atoms with E-state index in [4.69, 9.17) is 11.6 Å². The minimum atomic E-state index is 0.727. The number of hydrogen-bond acceptors (Lipinski definition) is 1. The lowest BCUT2D eigenvalue weighted by atomic mass is 10.2. The van der Waals surface area contributed by atoms with Gasteiger partial charge in [-0.2, -0.15) is 5.10 Å². The third kappa shape index (κ3) is 2.07. The van der Waals surface area contributed by atoms with E-state index in [9.17, 15) is 0 Å². The van der Waals surface area contributed by atoms with Crippen LogP contribution in [-0.4, -0.2) is 9.78 Å². The number of aromatic nitrogens is 2. The van der Waals surface area contributed by atoms with Crippen molar-refractivity contribution in [3.8, 4) is 0 Å². The van der Waals surface area contributed by atoms with E-state index in [1.165, 1.54) is 5.56 Å². The zero-order chi connectivity index (χ0) is 10.7. The second-order valence-electron chi connectivity index (χ2n) is 2.99. The highest BCUT2D eigenvalue weighted by Crippen LogP contribution is 2.23. The predicted octanol–water partition coefficient (Wildman–Crippen LogP) is 3.56. The Hall–Kier alpha value is -1.02. The summed E-state index contributed by atoms with van der Waals surface area (Å²) in [5, 5.41) is 6.07. The molecule has 1 aromatic carbocycles. The Morgan fingerprint density at radius 2 is 1.93 bits per heavy atom. The van der Waals surface area contributed by atoms with Crippen LogP contribution in [0, 0.1) is 6.92 Å². The molecule has 0 saturated heterocycles. The molecule has 0 bridgehead atoms. The summed E-state index contributed by atoms with van der Waals surface area (Å²) >= 11 is 6.00. The van der Waals surface area contributed by atoms with Gasteiger partial charge in [-0.15, -0.1) is 0 Å². The molecule has 0 amide bonds. The van der Waals surface area contributed by atoms with Crippen molar-refractivity contribution in [3.63, 3.8) is 0 Å². The van der Waals surface area contributed by atoms with Crippen LogP contribution in [0.25, 0.3) is 10.9 Å². The van der Waals surface area contributed by atoms with Crippen LogP contribution in [0.4, 0.5) is 0 Å². The molecule has 14 heavy (non-hydrogen) atoms. The summed E-state index contributed by atoms with van der Waals surface area (Å²) in [7, 11) is 1.89. The Bertz CT molecular complexity index is 432. The van der Waals surface area contributed by atoms with E-state index in [0.717, 1.165) is 15.9 Å². The zero-order valence-corrected chi connectivity index (χ0v) is 9.76. The van der Waals surface area contributed by atoms with Crippen molar-refractivity contribution < 1.29 is 0 Å². The summed E-state index contributed by atoms with van der Waals surface area (Å²) in [5.74, 6) is 0. The second kappa shape index (κ2) is 4.47. The normalized spacial score (nSPS) is 9.79. The van der Waals surface area contributed by atoms with Crippen LogP contribution in [0.3, 0.4) is 0 Å². The smallest absolute Gasteiger partial charge is 0.111 e. The number of nitrogens with zero attached hydrogens (tertiary/aromatic N) is 2. The Labute approximate surface area is 89.5 Å². The molecule has 0 radical (unpaired) electrons. The highest BCUT2D eigenvalue weighted by atomic mass is 35.5. The van der Waals surface area contributed by atoms with Crippen molar-refractivity contribution in [2.45, 2.75) is 20.8 Å². The standard InChI is InChI=1S/C9H9ClN2.C2H6/c1-6-3-7-5-12(2)11-9(7)8(10)4-6;1-2/h3-5H,1-2H3;1-2H3. The fraction of sp³-hybridized carbons (Fsp3) is 0.364. The van der Waals surface area contributed by atoms with E-state index in [1.807, 2.05) is 40.1 Å². The number of halogens is 1. The van der Waals surface area contributed by atoms with E-state index < -0.39 is 0 Å². The molecule has 0 atom stereocenters. The molecule has 0 aliphatic carbocycles. The first-order chi connectivity index (χ1) is 6.66. The van der Waals surface area contributed by atoms with Gasteiger partial charge in [-0.3, -0.25) is 4.68 Å². The van der Waals surface area contributed by atoms with E-state index >= 15 is 0 Å². The maximum Gasteiger partial charge on any atom is 0.111 e. The first-order valence-corrected chi connectivity index (χ1v) is 5.14. The number of fused-ring (bicyclic) bond motifs is 1. The maximum atomic E-state index is 6.00. The molecular formula is C11H15ClN2. The van der Waals surface area contributed by atoms with E-state index in [1.54, 1.807) is 4.68 Å².